The van der Waals surface area contributed by atoms with E-state index in [1.165, 1.54) is 28.8 Å². The number of para-hydroxylation sites is 1. The molecule has 0 saturated heterocycles. The van der Waals surface area contributed by atoms with Gasteiger partial charge in [-0.3, -0.25) is 14.2 Å². The maximum Gasteiger partial charge on any atom is 0.283 e. The number of H-pyrrole nitrogens is 1. The Hall–Kier alpha value is -4.11. The average molecular weight is 475 g/mol. The van der Waals surface area contributed by atoms with Gasteiger partial charge in [-0.1, -0.05) is 36.0 Å². The number of halogens is 1. The first-order valence-electron chi connectivity index (χ1n) is 10.4. The maximum absolute atomic E-state index is 13.5. The molecule has 5 rings (SSSR count). The van der Waals surface area contributed by atoms with Crippen molar-refractivity contribution in [2.24, 2.45) is 0 Å². The number of aromatic amines is 1. The van der Waals surface area contributed by atoms with E-state index in [0.717, 1.165) is 22.7 Å². The Kier molecular flexibility index (Phi) is 5.77. The van der Waals surface area contributed by atoms with E-state index in [4.69, 9.17) is 9.72 Å². The first-order valence-corrected chi connectivity index (χ1v) is 11.4. The van der Waals surface area contributed by atoms with E-state index in [9.17, 15) is 14.0 Å². The highest BCUT2D eigenvalue weighted by molar-refractivity contribution is 7.99. The van der Waals surface area contributed by atoms with Crippen LogP contribution >= 0.6 is 11.8 Å². The summed E-state index contributed by atoms with van der Waals surface area (Å²) in [6, 6.07) is 20.1. The quantitative estimate of drug-likeness (QED) is 0.274. The molecule has 0 aliphatic rings. The van der Waals surface area contributed by atoms with Crippen LogP contribution in [0.3, 0.4) is 0 Å². The number of thioether (sulfide) groups is 1. The number of nitrogens with one attached hydrogen (secondary N) is 2. The SMILES string of the molecule is COc1cccc(NC(=O)CSc2nc3c([nH]c4ccccc43)c(=O)n2-c2ccc(F)cc2)c1. The molecule has 2 aromatic heterocycles. The number of fused-ring (bicyclic) bond motifs is 3. The van der Waals surface area contributed by atoms with Crippen molar-refractivity contribution >= 4 is 45.3 Å². The summed E-state index contributed by atoms with van der Waals surface area (Å²) in [4.78, 5) is 34.0. The predicted octanol–water partition coefficient (Wildman–Crippen LogP) is 4.75. The fraction of sp³-hybridized carbons (Fsp3) is 0.0800. The summed E-state index contributed by atoms with van der Waals surface area (Å²) in [6.45, 7) is 0. The highest BCUT2D eigenvalue weighted by atomic mass is 32.2. The Labute approximate surface area is 197 Å². The van der Waals surface area contributed by atoms with E-state index in [2.05, 4.69) is 10.3 Å². The zero-order valence-corrected chi connectivity index (χ0v) is 18.9. The van der Waals surface area contributed by atoms with Gasteiger partial charge in [0.2, 0.25) is 5.91 Å². The maximum atomic E-state index is 13.5. The van der Waals surface area contributed by atoms with Gasteiger partial charge in [-0.25, -0.2) is 9.37 Å². The molecule has 0 fully saturated rings. The predicted molar refractivity (Wildman–Crippen MR) is 132 cm³/mol. The second kappa shape index (κ2) is 9.03. The Morgan fingerprint density at radius 3 is 2.71 bits per heavy atom. The summed E-state index contributed by atoms with van der Waals surface area (Å²) in [7, 11) is 1.55. The van der Waals surface area contributed by atoms with E-state index in [0.29, 0.717) is 33.3 Å². The molecule has 3 aromatic carbocycles. The third kappa shape index (κ3) is 4.13. The Morgan fingerprint density at radius 1 is 1.12 bits per heavy atom. The number of methoxy groups -OCH3 is 1. The molecule has 0 aliphatic carbocycles. The van der Waals surface area contributed by atoms with E-state index in [-0.39, 0.29) is 17.2 Å². The minimum atomic E-state index is -0.414. The Balaban J connectivity index is 1.53. The number of amides is 1. The van der Waals surface area contributed by atoms with Crippen LogP contribution in [0.4, 0.5) is 10.1 Å². The number of hydrogen-bond acceptors (Lipinski definition) is 5. The minimum Gasteiger partial charge on any atom is -0.497 e. The molecular formula is C25H19FN4O3S. The van der Waals surface area contributed by atoms with Gasteiger partial charge in [0.15, 0.2) is 5.16 Å². The van der Waals surface area contributed by atoms with E-state index >= 15 is 0 Å². The average Bonchev–Trinajstić information content (AvgIpc) is 3.23. The Morgan fingerprint density at radius 2 is 1.91 bits per heavy atom. The number of anilines is 1. The number of carbonyl (C=O) groups excluding carboxylic acids is 1. The lowest BCUT2D eigenvalue weighted by Crippen LogP contribution is -2.23. The van der Waals surface area contributed by atoms with Gasteiger partial charge in [0.25, 0.3) is 5.56 Å². The molecule has 1 amide bonds. The fourth-order valence-corrected chi connectivity index (χ4v) is 4.49. The third-order valence-corrected chi connectivity index (χ3v) is 6.20. The molecule has 2 N–H and O–H groups in total. The molecule has 170 valence electrons. The summed E-state index contributed by atoms with van der Waals surface area (Å²) in [6.07, 6.45) is 0. The molecule has 7 nitrogen and oxygen atoms in total. The van der Waals surface area contributed by atoms with Crippen molar-refractivity contribution in [3.05, 3.63) is 89.0 Å². The largest absolute Gasteiger partial charge is 0.497 e. The molecule has 0 atom stereocenters. The normalized spacial score (nSPS) is 11.1. The van der Waals surface area contributed by atoms with Crippen molar-refractivity contribution in [2.45, 2.75) is 5.16 Å². The summed E-state index contributed by atoms with van der Waals surface area (Å²) in [5.41, 5.74) is 2.37. The second-order valence-corrected chi connectivity index (χ2v) is 8.42. The van der Waals surface area contributed by atoms with Crippen LogP contribution in [0.15, 0.2) is 82.7 Å². The van der Waals surface area contributed by atoms with Crippen molar-refractivity contribution in [1.82, 2.24) is 14.5 Å². The fourth-order valence-electron chi connectivity index (χ4n) is 3.69. The number of benzene rings is 3. The zero-order chi connectivity index (χ0) is 23.7. The Bertz CT molecular complexity index is 1580. The van der Waals surface area contributed by atoms with E-state index < -0.39 is 5.82 Å². The number of aromatic nitrogens is 3. The molecule has 0 unspecified atom stereocenters. The highest BCUT2D eigenvalue weighted by Gasteiger charge is 2.18. The number of hydrogen-bond donors (Lipinski definition) is 2. The number of rotatable bonds is 6. The number of nitrogens with zero attached hydrogens (tertiary/aromatic N) is 2. The first-order chi connectivity index (χ1) is 16.5. The molecule has 34 heavy (non-hydrogen) atoms. The second-order valence-electron chi connectivity index (χ2n) is 7.47. The number of ether oxygens (including phenoxy) is 1. The van der Waals surface area contributed by atoms with Crippen molar-refractivity contribution < 1.29 is 13.9 Å². The molecular weight excluding hydrogens is 455 g/mol. The minimum absolute atomic E-state index is 0.0126. The molecule has 9 heteroatoms. The van der Waals surface area contributed by atoms with Crippen molar-refractivity contribution in [1.29, 1.82) is 0 Å². The van der Waals surface area contributed by atoms with Crippen LogP contribution < -0.4 is 15.6 Å². The van der Waals surface area contributed by atoms with Crippen molar-refractivity contribution in [3.8, 4) is 11.4 Å². The molecule has 0 bridgehead atoms. The monoisotopic (exact) mass is 474 g/mol. The highest BCUT2D eigenvalue weighted by Crippen LogP contribution is 2.26. The molecule has 5 aromatic rings. The standard InChI is InChI=1S/C25H19FN4O3S/c1-33-18-6-4-5-16(13-18)27-21(31)14-34-25-29-22-19-7-2-3-8-20(19)28-23(22)24(32)30(25)17-11-9-15(26)10-12-17/h2-13,28H,14H2,1H3,(H,27,31). The van der Waals surface area contributed by atoms with Gasteiger partial charge in [-0.05, 0) is 42.5 Å². The van der Waals surface area contributed by atoms with Crippen LogP contribution in [-0.2, 0) is 4.79 Å². The van der Waals surface area contributed by atoms with Crippen LogP contribution in [0.25, 0.3) is 27.6 Å². The summed E-state index contributed by atoms with van der Waals surface area (Å²) in [5, 5.41) is 3.96. The van der Waals surface area contributed by atoms with Crippen LogP contribution in [-0.4, -0.2) is 33.3 Å². The topological polar surface area (TPSA) is 89.0 Å². The van der Waals surface area contributed by atoms with Gasteiger partial charge in [0, 0.05) is 22.7 Å². The van der Waals surface area contributed by atoms with E-state index in [1.54, 1.807) is 31.4 Å². The van der Waals surface area contributed by atoms with Gasteiger partial charge < -0.3 is 15.0 Å². The number of carbonyl (C=O) groups is 1. The lowest BCUT2D eigenvalue weighted by Gasteiger charge is -2.12. The lowest BCUT2D eigenvalue weighted by atomic mass is 10.2. The summed E-state index contributed by atoms with van der Waals surface area (Å²) < 4.78 is 20.1. The van der Waals surface area contributed by atoms with Crippen LogP contribution in [0.1, 0.15) is 0 Å². The third-order valence-electron chi connectivity index (χ3n) is 5.27. The van der Waals surface area contributed by atoms with Crippen LogP contribution in [0.2, 0.25) is 0 Å². The first kappa shape index (κ1) is 21.7. The van der Waals surface area contributed by atoms with Gasteiger partial charge in [-0.15, -0.1) is 0 Å². The van der Waals surface area contributed by atoms with Crippen LogP contribution in [0.5, 0.6) is 5.75 Å². The van der Waals surface area contributed by atoms with Gasteiger partial charge >= 0.3 is 0 Å². The molecule has 0 aliphatic heterocycles. The molecule has 0 spiro atoms. The molecule has 0 radical (unpaired) electrons. The summed E-state index contributed by atoms with van der Waals surface area (Å²) >= 11 is 1.13. The molecule has 0 saturated carbocycles. The lowest BCUT2D eigenvalue weighted by molar-refractivity contribution is -0.113. The smallest absolute Gasteiger partial charge is 0.283 e. The zero-order valence-electron chi connectivity index (χ0n) is 18.0. The van der Waals surface area contributed by atoms with Gasteiger partial charge in [-0.2, -0.15) is 0 Å². The molecule has 2 heterocycles. The van der Waals surface area contributed by atoms with Gasteiger partial charge in [0.05, 0.1) is 18.6 Å². The van der Waals surface area contributed by atoms with Crippen molar-refractivity contribution in [3.63, 3.8) is 0 Å². The van der Waals surface area contributed by atoms with Crippen LogP contribution in [0, 0.1) is 5.82 Å². The van der Waals surface area contributed by atoms with Gasteiger partial charge in [0.1, 0.15) is 22.6 Å². The van der Waals surface area contributed by atoms with E-state index in [1.807, 2.05) is 24.3 Å². The summed E-state index contributed by atoms with van der Waals surface area (Å²) in [5.74, 6) is -0.0406. The van der Waals surface area contributed by atoms with Crippen molar-refractivity contribution in [2.75, 3.05) is 18.2 Å².